The smallest absolute Gasteiger partial charge is 0.128 e. The molecule has 1 aromatic carbocycles. The summed E-state index contributed by atoms with van der Waals surface area (Å²) in [6, 6.07) is 8.19. The van der Waals surface area contributed by atoms with Crippen molar-refractivity contribution in [3.63, 3.8) is 0 Å². The number of amidine groups is 1. The van der Waals surface area contributed by atoms with Gasteiger partial charge in [-0.1, -0.05) is 24.3 Å². The molecule has 1 N–H and O–H groups in total. The van der Waals surface area contributed by atoms with Gasteiger partial charge < -0.3 is 14.5 Å². The van der Waals surface area contributed by atoms with Gasteiger partial charge in [0.1, 0.15) is 5.84 Å². The van der Waals surface area contributed by atoms with Gasteiger partial charge in [0, 0.05) is 31.7 Å². The minimum Gasteiger partial charge on any atom is -0.374 e. The zero-order chi connectivity index (χ0) is 12.5. The molecule has 0 aromatic heterocycles. The van der Waals surface area contributed by atoms with Crippen molar-refractivity contribution in [3.05, 3.63) is 35.4 Å². The van der Waals surface area contributed by atoms with Crippen LogP contribution in [0.2, 0.25) is 0 Å². The summed E-state index contributed by atoms with van der Waals surface area (Å²) >= 11 is 0. The van der Waals surface area contributed by atoms with Gasteiger partial charge in [-0.25, -0.2) is 0 Å². The fourth-order valence-electron chi connectivity index (χ4n) is 2.72. The average molecular weight is 245 g/mol. The van der Waals surface area contributed by atoms with E-state index < -0.39 is 0 Å². The fraction of sp³-hybridized carbons (Fsp3) is 0.500. The molecule has 1 fully saturated rings. The van der Waals surface area contributed by atoms with Crippen LogP contribution in [0.5, 0.6) is 0 Å². The quantitative estimate of drug-likeness (QED) is 0.850. The van der Waals surface area contributed by atoms with E-state index in [1.54, 1.807) is 0 Å². The van der Waals surface area contributed by atoms with Crippen molar-refractivity contribution in [2.75, 3.05) is 33.3 Å². The van der Waals surface area contributed by atoms with E-state index in [4.69, 9.17) is 10.1 Å². The van der Waals surface area contributed by atoms with Crippen LogP contribution in [0, 0.1) is 5.41 Å². The lowest BCUT2D eigenvalue weighted by Gasteiger charge is -2.33. The third-order valence-electron chi connectivity index (χ3n) is 3.72. The lowest BCUT2D eigenvalue weighted by Crippen LogP contribution is -2.46. The molecule has 2 heterocycles. The number of benzene rings is 1. The standard InChI is InChI=1S/C14H19N3O/c1-16-6-7-18-12(9-16)10-17-8-11-4-2-3-5-13(11)14(17)15/h2-5,12,15H,6-10H2,1H3. The van der Waals surface area contributed by atoms with Crippen LogP contribution in [0.3, 0.4) is 0 Å². The first-order valence-electron chi connectivity index (χ1n) is 6.46. The van der Waals surface area contributed by atoms with Crippen molar-refractivity contribution in [2.45, 2.75) is 12.6 Å². The van der Waals surface area contributed by atoms with Crippen molar-refractivity contribution in [3.8, 4) is 0 Å². The molecule has 18 heavy (non-hydrogen) atoms. The lowest BCUT2D eigenvalue weighted by molar-refractivity contribution is -0.0281. The van der Waals surface area contributed by atoms with Gasteiger partial charge in [-0.2, -0.15) is 0 Å². The highest BCUT2D eigenvalue weighted by molar-refractivity contribution is 6.00. The molecule has 0 aliphatic carbocycles. The predicted octanol–water partition coefficient (Wildman–Crippen LogP) is 1.16. The normalized spacial score (nSPS) is 24.4. The van der Waals surface area contributed by atoms with Gasteiger partial charge in [0.15, 0.2) is 0 Å². The molecule has 2 aliphatic heterocycles. The molecule has 1 unspecified atom stereocenters. The molecule has 3 rings (SSSR count). The molecule has 2 aliphatic rings. The second-order valence-electron chi connectivity index (χ2n) is 5.14. The highest BCUT2D eigenvalue weighted by Gasteiger charge is 2.27. The van der Waals surface area contributed by atoms with E-state index in [9.17, 15) is 0 Å². The van der Waals surface area contributed by atoms with Crippen molar-refractivity contribution in [1.82, 2.24) is 9.80 Å². The molecule has 0 radical (unpaired) electrons. The van der Waals surface area contributed by atoms with Crippen LogP contribution >= 0.6 is 0 Å². The highest BCUT2D eigenvalue weighted by atomic mass is 16.5. The van der Waals surface area contributed by atoms with Gasteiger partial charge in [-0.3, -0.25) is 5.41 Å². The number of rotatable bonds is 2. The maximum Gasteiger partial charge on any atom is 0.128 e. The summed E-state index contributed by atoms with van der Waals surface area (Å²) in [5, 5.41) is 8.21. The Morgan fingerprint density at radius 1 is 1.39 bits per heavy atom. The van der Waals surface area contributed by atoms with Crippen molar-refractivity contribution < 1.29 is 4.74 Å². The third kappa shape index (κ3) is 2.13. The van der Waals surface area contributed by atoms with E-state index in [0.717, 1.165) is 38.3 Å². The second-order valence-corrected chi connectivity index (χ2v) is 5.14. The summed E-state index contributed by atoms with van der Waals surface area (Å²) in [5.41, 5.74) is 2.33. The van der Waals surface area contributed by atoms with E-state index >= 15 is 0 Å². The second kappa shape index (κ2) is 4.71. The zero-order valence-corrected chi connectivity index (χ0v) is 10.7. The minimum absolute atomic E-state index is 0.221. The number of morpholine rings is 1. The molecule has 0 spiro atoms. The van der Waals surface area contributed by atoms with Crippen LogP contribution in [0.15, 0.2) is 24.3 Å². The van der Waals surface area contributed by atoms with Gasteiger partial charge in [0.2, 0.25) is 0 Å². The number of hydrogen-bond acceptors (Lipinski definition) is 3. The molecular formula is C14H19N3O. The molecule has 1 aromatic rings. The summed E-state index contributed by atoms with van der Waals surface area (Å²) in [4.78, 5) is 4.41. The van der Waals surface area contributed by atoms with E-state index in [2.05, 4.69) is 22.9 Å². The first-order valence-corrected chi connectivity index (χ1v) is 6.46. The Bertz CT molecular complexity index is 460. The molecule has 1 saturated heterocycles. The Kier molecular flexibility index (Phi) is 3.06. The van der Waals surface area contributed by atoms with Gasteiger partial charge in [0.05, 0.1) is 12.7 Å². The van der Waals surface area contributed by atoms with Gasteiger partial charge in [-0.15, -0.1) is 0 Å². The summed E-state index contributed by atoms with van der Waals surface area (Å²) < 4.78 is 5.78. The SMILES string of the molecule is CN1CCOC(CN2Cc3ccccc3C2=N)C1. The fourth-order valence-corrected chi connectivity index (χ4v) is 2.72. The molecule has 0 amide bonds. The average Bonchev–Trinajstić information content (AvgIpc) is 2.67. The molecular weight excluding hydrogens is 226 g/mol. The third-order valence-corrected chi connectivity index (χ3v) is 3.72. The zero-order valence-electron chi connectivity index (χ0n) is 10.7. The van der Waals surface area contributed by atoms with Crippen molar-refractivity contribution in [1.29, 1.82) is 5.41 Å². The topological polar surface area (TPSA) is 39.6 Å². The first kappa shape index (κ1) is 11.7. The highest BCUT2D eigenvalue weighted by Crippen LogP contribution is 2.23. The van der Waals surface area contributed by atoms with Crippen molar-refractivity contribution >= 4 is 5.84 Å². The largest absolute Gasteiger partial charge is 0.374 e. The number of hydrogen-bond donors (Lipinski definition) is 1. The molecule has 4 nitrogen and oxygen atoms in total. The molecule has 0 saturated carbocycles. The first-order chi connectivity index (χ1) is 8.74. The van der Waals surface area contributed by atoms with E-state index in [1.807, 2.05) is 18.2 Å². The van der Waals surface area contributed by atoms with E-state index in [1.165, 1.54) is 5.56 Å². The Balaban J connectivity index is 1.67. The van der Waals surface area contributed by atoms with E-state index in [0.29, 0.717) is 5.84 Å². The summed E-state index contributed by atoms with van der Waals surface area (Å²) in [5.74, 6) is 0.641. The molecule has 1 atom stereocenters. The van der Waals surface area contributed by atoms with Crippen LogP contribution in [-0.2, 0) is 11.3 Å². The number of ether oxygens (including phenoxy) is 1. The summed E-state index contributed by atoms with van der Waals surface area (Å²) in [6.45, 7) is 4.43. The monoisotopic (exact) mass is 245 g/mol. The van der Waals surface area contributed by atoms with Crippen LogP contribution in [0.4, 0.5) is 0 Å². The Hall–Kier alpha value is -1.39. The molecule has 96 valence electrons. The van der Waals surface area contributed by atoms with Crippen LogP contribution in [-0.4, -0.2) is 55.0 Å². The Morgan fingerprint density at radius 2 is 2.22 bits per heavy atom. The number of nitrogens with one attached hydrogen (secondary N) is 1. The van der Waals surface area contributed by atoms with Gasteiger partial charge >= 0.3 is 0 Å². The molecule has 4 heteroatoms. The lowest BCUT2D eigenvalue weighted by atomic mass is 10.1. The number of fused-ring (bicyclic) bond motifs is 1. The minimum atomic E-state index is 0.221. The number of likely N-dealkylation sites (N-methyl/N-ethyl adjacent to an activating group) is 1. The summed E-state index contributed by atoms with van der Waals surface area (Å²) in [6.07, 6.45) is 0.221. The maximum absolute atomic E-state index is 8.21. The number of nitrogens with zero attached hydrogens (tertiary/aromatic N) is 2. The van der Waals surface area contributed by atoms with Crippen LogP contribution in [0.1, 0.15) is 11.1 Å². The van der Waals surface area contributed by atoms with Crippen molar-refractivity contribution in [2.24, 2.45) is 0 Å². The Morgan fingerprint density at radius 3 is 3.00 bits per heavy atom. The molecule has 0 bridgehead atoms. The van der Waals surface area contributed by atoms with Gasteiger partial charge in [0.25, 0.3) is 0 Å². The van der Waals surface area contributed by atoms with Gasteiger partial charge in [-0.05, 0) is 12.6 Å². The van der Waals surface area contributed by atoms with Crippen LogP contribution < -0.4 is 0 Å². The maximum atomic E-state index is 8.21. The summed E-state index contributed by atoms with van der Waals surface area (Å²) in [7, 11) is 2.12. The van der Waals surface area contributed by atoms with E-state index in [-0.39, 0.29) is 6.10 Å². The predicted molar refractivity (Wildman–Crippen MR) is 70.9 cm³/mol. The van der Waals surface area contributed by atoms with Crippen LogP contribution in [0.25, 0.3) is 0 Å². The Labute approximate surface area is 108 Å².